The van der Waals surface area contributed by atoms with Gasteiger partial charge in [-0.3, -0.25) is 0 Å². The predicted octanol–water partition coefficient (Wildman–Crippen LogP) is 4.91. The molecule has 4 heteroatoms. The molecule has 0 atom stereocenters. The molecule has 0 aliphatic carbocycles. The molecule has 0 aliphatic rings. The lowest BCUT2D eigenvalue weighted by atomic mass is 10.1. The van der Waals surface area contributed by atoms with Gasteiger partial charge in [-0.2, -0.15) is 0 Å². The van der Waals surface area contributed by atoms with Crippen LogP contribution in [0.4, 0.5) is 0 Å². The van der Waals surface area contributed by atoms with E-state index < -0.39 is 0 Å². The standard InChI is InChI=1S/C14H15Br2NS/c1-10-3-2-4-11(7-10)5-6-17-9-12-8-13(15)14(16)18-12/h2-4,7-8,17H,5-6,9H2,1H3. The van der Waals surface area contributed by atoms with Crippen LogP contribution < -0.4 is 5.32 Å². The lowest BCUT2D eigenvalue weighted by Gasteiger charge is -2.04. The Kier molecular flexibility index (Phi) is 5.42. The number of halogens is 2. The average Bonchev–Trinajstić information content (AvgIpc) is 2.65. The molecular weight excluding hydrogens is 374 g/mol. The van der Waals surface area contributed by atoms with Crippen LogP contribution in [0.1, 0.15) is 16.0 Å². The molecule has 1 aromatic carbocycles. The number of aryl methyl sites for hydroxylation is 1. The van der Waals surface area contributed by atoms with E-state index in [2.05, 4.69) is 74.4 Å². The quantitative estimate of drug-likeness (QED) is 0.717. The number of hydrogen-bond acceptors (Lipinski definition) is 2. The molecule has 2 aromatic rings. The van der Waals surface area contributed by atoms with Gasteiger partial charge in [-0.15, -0.1) is 11.3 Å². The Bertz CT molecular complexity index is 503. The average molecular weight is 389 g/mol. The van der Waals surface area contributed by atoms with Crippen molar-refractivity contribution < 1.29 is 0 Å². The van der Waals surface area contributed by atoms with E-state index in [-0.39, 0.29) is 0 Å². The van der Waals surface area contributed by atoms with Gasteiger partial charge in [0, 0.05) is 15.9 Å². The van der Waals surface area contributed by atoms with Gasteiger partial charge in [-0.05, 0) is 63.4 Å². The third kappa shape index (κ3) is 4.19. The second kappa shape index (κ2) is 6.85. The maximum absolute atomic E-state index is 3.51. The van der Waals surface area contributed by atoms with Crippen LogP contribution in [-0.4, -0.2) is 6.54 Å². The summed E-state index contributed by atoms with van der Waals surface area (Å²) >= 11 is 8.79. The number of rotatable bonds is 5. The van der Waals surface area contributed by atoms with Crippen molar-refractivity contribution >= 4 is 43.2 Å². The highest BCUT2D eigenvalue weighted by molar-refractivity contribution is 9.13. The van der Waals surface area contributed by atoms with E-state index in [1.54, 1.807) is 11.3 Å². The largest absolute Gasteiger partial charge is 0.312 e. The first-order valence-corrected chi connectivity index (χ1v) is 8.25. The van der Waals surface area contributed by atoms with Crippen LogP contribution in [0, 0.1) is 6.92 Å². The molecular formula is C14H15Br2NS. The second-order valence-electron chi connectivity index (χ2n) is 4.25. The molecule has 0 bridgehead atoms. The van der Waals surface area contributed by atoms with E-state index in [0.717, 1.165) is 27.8 Å². The third-order valence-corrected chi connectivity index (χ3v) is 5.92. The predicted molar refractivity (Wildman–Crippen MR) is 86.3 cm³/mol. The highest BCUT2D eigenvalue weighted by Crippen LogP contribution is 2.32. The fraction of sp³-hybridized carbons (Fsp3) is 0.286. The van der Waals surface area contributed by atoms with Crippen molar-refractivity contribution in [3.05, 3.63) is 54.6 Å². The minimum atomic E-state index is 0.931. The van der Waals surface area contributed by atoms with Crippen LogP contribution in [0.2, 0.25) is 0 Å². The molecule has 0 saturated heterocycles. The van der Waals surface area contributed by atoms with Gasteiger partial charge < -0.3 is 5.32 Å². The molecule has 18 heavy (non-hydrogen) atoms. The Morgan fingerprint density at radius 3 is 2.72 bits per heavy atom. The molecule has 0 fully saturated rings. The van der Waals surface area contributed by atoms with Gasteiger partial charge in [0.25, 0.3) is 0 Å². The minimum Gasteiger partial charge on any atom is -0.312 e. The molecule has 0 amide bonds. The number of benzene rings is 1. The fourth-order valence-electron chi connectivity index (χ4n) is 1.79. The Labute approximate surface area is 129 Å². The van der Waals surface area contributed by atoms with E-state index in [4.69, 9.17) is 0 Å². The first-order valence-electron chi connectivity index (χ1n) is 5.85. The molecule has 0 unspecified atom stereocenters. The van der Waals surface area contributed by atoms with E-state index in [1.807, 2.05) is 0 Å². The second-order valence-corrected chi connectivity index (χ2v) is 7.56. The van der Waals surface area contributed by atoms with Gasteiger partial charge in [0.05, 0.1) is 3.79 Å². The number of nitrogens with one attached hydrogen (secondary N) is 1. The molecule has 1 heterocycles. The Morgan fingerprint density at radius 2 is 2.06 bits per heavy atom. The van der Waals surface area contributed by atoms with Gasteiger partial charge in [-0.25, -0.2) is 0 Å². The van der Waals surface area contributed by atoms with Gasteiger partial charge >= 0.3 is 0 Å². The summed E-state index contributed by atoms with van der Waals surface area (Å²) in [7, 11) is 0. The van der Waals surface area contributed by atoms with Crippen molar-refractivity contribution in [1.82, 2.24) is 5.32 Å². The van der Waals surface area contributed by atoms with Gasteiger partial charge in [0.2, 0.25) is 0 Å². The van der Waals surface area contributed by atoms with Crippen molar-refractivity contribution in [3.63, 3.8) is 0 Å². The number of hydrogen-bond donors (Lipinski definition) is 1. The summed E-state index contributed by atoms with van der Waals surface area (Å²) in [5, 5.41) is 3.48. The van der Waals surface area contributed by atoms with Crippen molar-refractivity contribution in [2.75, 3.05) is 6.54 Å². The van der Waals surface area contributed by atoms with Gasteiger partial charge in [0.15, 0.2) is 0 Å². The monoisotopic (exact) mass is 387 g/mol. The van der Waals surface area contributed by atoms with Crippen LogP contribution in [0.15, 0.2) is 38.6 Å². The van der Waals surface area contributed by atoms with Crippen LogP contribution in [0.3, 0.4) is 0 Å². The summed E-state index contributed by atoms with van der Waals surface area (Å²) in [6.07, 6.45) is 1.08. The normalized spacial score (nSPS) is 10.8. The first kappa shape index (κ1) is 14.3. The lowest BCUT2D eigenvalue weighted by Crippen LogP contribution is -2.15. The summed E-state index contributed by atoms with van der Waals surface area (Å²) in [4.78, 5) is 1.35. The van der Waals surface area contributed by atoms with Gasteiger partial charge in [-0.1, -0.05) is 29.8 Å². The van der Waals surface area contributed by atoms with E-state index >= 15 is 0 Å². The van der Waals surface area contributed by atoms with E-state index in [0.29, 0.717) is 0 Å². The van der Waals surface area contributed by atoms with Gasteiger partial charge in [0.1, 0.15) is 0 Å². The fourth-order valence-corrected chi connectivity index (χ4v) is 3.94. The maximum Gasteiger partial charge on any atom is 0.0843 e. The summed E-state index contributed by atoms with van der Waals surface area (Å²) < 4.78 is 2.31. The van der Waals surface area contributed by atoms with Crippen LogP contribution in [0.5, 0.6) is 0 Å². The SMILES string of the molecule is Cc1cccc(CCNCc2cc(Br)c(Br)s2)c1. The molecule has 1 aromatic heterocycles. The molecule has 0 saturated carbocycles. The Morgan fingerprint density at radius 1 is 1.22 bits per heavy atom. The third-order valence-electron chi connectivity index (χ3n) is 2.67. The zero-order chi connectivity index (χ0) is 13.0. The molecule has 1 N–H and O–H groups in total. The summed E-state index contributed by atoms with van der Waals surface area (Å²) in [5.41, 5.74) is 2.73. The molecule has 0 aliphatic heterocycles. The number of thiophene rings is 1. The highest BCUT2D eigenvalue weighted by atomic mass is 79.9. The maximum atomic E-state index is 3.51. The molecule has 0 spiro atoms. The highest BCUT2D eigenvalue weighted by Gasteiger charge is 2.03. The van der Waals surface area contributed by atoms with E-state index in [1.165, 1.54) is 16.0 Å². The molecule has 1 nitrogen and oxygen atoms in total. The van der Waals surface area contributed by atoms with Crippen molar-refractivity contribution in [1.29, 1.82) is 0 Å². The van der Waals surface area contributed by atoms with Crippen molar-refractivity contribution in [2.24, 2.45) is 0 Å². The lowest BCUT2D eigenvalue weighted by molar-refractivity contribution is 0.693. The van der Waals surface area contributed by atoms with Crippen molar-refractivity contribution in [3.8, 4) is 0 Å². The molecule has 96 valence electrons. The van der Waals surface area contributed by atoms with Crippen LogP contribution in [-0.2, 0) is 13.0 Å². The van der Waals surface area contributed by atoms with Crippen LogP contribution >= 0.6 is 43.2 Å². The van der Waals surface area contributed by atoms with Crippen molar-refractivity contribution in [2.45, 2.75) is 19.9 Å². The Balaban J connectivity index is 1.76. The zero-order valence-electron chi connectivity index (χ0n) is 10.2. The molecule has 2 rings (SSSR count). The summed E-state index contributed by atoms with van der Waals surface area (Å²) in [6, 6.07) is 10.9. The summed E-state index contributed by atoms with van der Waals surface area (Å²) in [5.74, 6) is 0. The van der Waals surface area contributed by atoms with Crippen LogP contribution in [0.25, 0.3) is 0 Å². The first-order chi connectivity index (χ1) is 8.65. The minimum absolute atomic E-state index is 0.931. The zero-order valence-corrected chi connectivity index (χ0v) is 14.2. The molecule has 0 radical (unpaired) electrons. The van der Waals surface area contributed by atoms with E-state index in [9.17, 15) is 0 Å². The smallest absolute Gasteiger partial charge is 0.0843 e. The Hall–Kier alpha value is -0.160. The summed E-state index contributed by atoms with van der Waals surface area (Å²) in [6.45, 7) is 4.08. The topological polar surface area (TPSA) is 12.0 Å².